The fraction of sp³-hybridized carbons (Fsp3) is 0.533. The van der Waals surface area contributed by atoms with Gasteiger partial charge in [0.1, 0.15) is 0 Å². The van der Waals surface area contributed by atoms with E-state index < -0.39 is 18.2 Å². The van der Waals surface area contributed by atoms with Gasteiger partial charge in [-0.15, -0.1) is 0 Å². The Bertz CT molecular complexity index is 420. The fourth-order valence-electron chi connectivity index (χ4n) is 2.35. The Morgan fingerprint density at radius 1 is 1.30 bits per heavy atom. The van der Waals surface area contributed by atoms with Gasteiger partial charge in [0.25, 0.3) is 0 Å². The van der Waals surface area contributed by atoms with Gasteiger partial charge >= 0.3 is 6.09 Å². The molecule has 2 rings (SSSR count). The normalized spacial score (nSPS) is 18.1. The minimum Gasteiger partial charge on any atom is -0.465 e. The van der Waals surface area contributed by atoms with Gasteiger partial charge in [-0.1, -0.05) is 36.8 Å². The summed E-state index contributed by atoms with van der Waals surface area (Å²) in [6.45, 7) is 0.419. The summed E-state index contributed by atoms with van der Waals surface area (Å²) in [5, 5.41) is 24.8. The van der Waals surface area contributed by atoms with Crippen molar-refractivity contribution in [1.82, 2.24) is 10.6 Å². The van der Waals surface area contributed by atoms with E-state index in [2.05, 4.69) is 10.6 Å². The predicted octanol–water partition coefficient (Wildman–Crippen LogP) is 1.37. The van der Waals surface area contributed by atoms with E-state index in [1.807, 2.05) is 30.3 Å². The van der Waals surface area contributed by atoms with Gasteiger partial charge in [0.2, 0.25) is 0 Å². The molecule has 110 valence electrons. The number of nitrogens with one attached hydrogen (secondary N) is 2. The Morgan fingerprint density at radius 2 is 2.00 bits per heavy atom. The molecule has 0 radical (unpaired) electrons. The first-order valence-corrected chi connectivity index (χ1v) is 7.10. The molecule has 0 bridgehead atoms. The third-order valence-corrected chi connectivity index (χ3v) is 3.79. The summed E-state index contributed by atoms with van der Waals surface area (Å²) in [5.74, 6) is 0. The first kappa shape index (κ1) is 14.8. The lowest BCUT2D eigenvalue weighted by atomic mass is 9.92. The smallest absolute Gasteiger partial charge is 0.404 e. The van der Waals surface area contributed by atoms with Crippen LogP contribution in [0.4, 0.5) is 4.79 Å². The number of carbonyl (C=O) groups is 1. The summed E-state index contributed by atoms with van der Waals surface area (Å²) >= 11 is 0. The van der Waals surface area contributed by atoms with Crippen LogP contribution >= 0.6 is 0 Å². The summed E-state index contributed by atoms with van der Waals surface area (Å²) in [6, 6.07) is 9.58. The third-order valence-electron chi connectivity index (χ3n) is 3.79. The molecule has 20 heavy (non-hydrogen) atoms. The summed E-state index contributed by atoms with van der Waals surface area (Å²) in [7, 11) is 0. The van der Waals surface area contributed by atoms with Crippen LogP contribution in [0.1, 0.15) is 24.8 Å². The van der Waals surface area contributed by atoms with Gasteiger partial charge in [-0.2, -0.15) is 0 Å². The lowest BCUT2D eigenvalue weighted by Crippen LogP contribution is -2.50. The molecule has 0 unspecified atom stereocenters. The van der Waals surface area contributed by atoms with Crippen LogP contribution in [0, 0.1) is 0 Å². The monoisotopic (exact) mass is 278 g/mol. The van der Waals surface area contributed by atoms with Crippen LogP contribution in [0.25, 0.3) is 0 Å². The average Bonchev–Trinajstić information content (AvgIpc) is 2.36. The number of carboxylic acid groups (broad SMARTS) is 1. The second-order valence-electron chi connectivity index (χ2n) is 5.35. The van der Waals surface area contributed by atoms with Gasteiger partial charge in [0, 0.05) is 12.6 Å². The molecule has 1 fully saturated rings. The van der Waals surface area contributed by atoms with Crippen molar-refractivity contribution >= 4 is 6.09 Å². The van der Waals surface area contributed by atoms with E-state index in [4.69, 9.17) is 5.11 Å². The summed E-state index contributed by atoms with van der Waals surface area (Å²) in [5.41, 5.74) is 1.01. The highest BCUT2D eigenvalue weighted by Gasteiger charge is 2.24. The van der Waals surface area contributed by atoms with Crippen LogP contribution in [0.5, 0.6) is 0 Å². The molecule has 0 spiro atoms. The lowest BCUT2D eigenvalue weighted by molar-refractivity contribution is 0.111. The quantitative estimate of drug-likeness (QED) is 0.607. The Hall–Kier alpha value is -1.59. The van der Waals surface area contributed by atoms with Crippen molar-refractivity contribution in [3.63, 3.8) is 0 Å². The van der Waals surface area contributed by atoms with Gasteiger partial charge in [0.15, 0.2) is 0 Å². The van der Waals surface area contributed by atoms with E-state index in [1.54, 1.807) is 0 Å². The zero-order chi connectivity index (χ0) is 14.4. The summed E-state index contributed by atoms with van der Waals surface area (Å²) in [4.78, 5) is 10.9. The highest BCUT2D eigenvalue weighted by Crippen LogP contribution is 2.18. The van der Waals surface area contributed by atoms with E-state index in [9.17, 15) is 9.90 Å². The van der Waals surface area contributed by atoms with Crippen molar-refractivity contribution in [1.29, 1.82) is 0 Å². The molecule has 5 heteroatoms. The second-order valence-corrected chi connectivity index (χ2v) is 5.35. The topological polar surface area (TPSA) is 81.6 Å². The van der Waals surface area contributed by atoms with Crippen molar-refractivity contribution in [2.24, 2.45) is 0 Å². The third kappa shape index (κ3) is 4.51. The van der Waals surface area contributed by atoms with E-state index in [-0.39, 0.29) is 0 Å². The van der Waals surface area contributed by atoms with Gasteiger partial charge in [-0.05, 0) is 24.8 Å². The van der Waals surface area contributed by atoms with Gasteiger partial charge < -0.3 is 20.8 Å². The minimum absolute atomic E-state index is 0.419. The number of benzene rings is 1. The number of amides is 1. The van der Waals surface area contributed by atoms with Crippen LogP contribution in [-0.4, -0.2) is 41.0 Å². The number of aliphatic hydroxyl groups is 1. The van der Waals surface area contributed by atoms with Crippen LogP contribution < -0.4 is 10.6 Å². The highest BCUT2D eigenvalue weighted by molar-refractivity contribution is 5.65. The average molecular weight is 278 g/mol. The first-order valence-electron chi connectivity index (χ1n) is 7.10. The molecule has 5 nitrogen and oxygen atoms in total. The molecule has 0 aromatic heterocycles. The Morgan fingerprint density at radius 3 is 2.55 bits per heavy atom. The number of aliphatic hydroxyl groups excluding tert-OH is 1. The first-order chi connectivity index (χ1) is 9.65. The minimum atomic E-state index is -1.10. The van der Waals surface area contributed by atoms with Gasteiger partial charge in [-0.25, -0.2) is 4.79 Å². The predicted molar refractivity (Wildman–Crippen MR) is 76.7 cm³/mol. The summed E-state index contributed by atoms with van der Waals surface area (Å²) < 4.78 is 0. The van der Waals surface area contributed by atoms with E-state index >= 15 is 0 Å². The molecule has 1 aliphatic rings. The molecule has 1 amide bonds. The van der Waals surface area contributed by atoms with Gasteiger partial charge in [0.05, 0.1) is 12.1 Å². The molecule has 0 saturated heterocycles. The van der Waals surface area contributed by atoms with Crippen LogP contribution in [0.3, 0.4) is 0 Å². The van der Waals surface area contributed by atoms with E-state index in [1.165, 1.54) is 6.42 Å². The maximum atomic E-state index is 10.9. The molecule has 1 saturated carbocycles. The molecule has 1 aromatic carbocycles. The molecule has 1 aliphatic carbocycles. The molecule has 0 aliphatic heterocycles. The Balaban J connectivity index is 1.89. The molecule has 2 atom stereocenters. The lowest BCUT2D eigenvalue weighted by Gasteiger charge is -2.30. The summed E-state index contributed by atoms with van der Waals surface area (Å²) in [6.07, 6.45) is 2.17. The van der Waals surface area contributed by atoms with E-state index in [0.29, 0.717) is 19.0 Å². The highest BCUT2D eigenvalue weighted by atomic mass is 16.4. The Labute approximate surface area is 119 Å². The largest absolute Gasteiger partial charge is 0.465 e. The molecule has 1 aromatic rings. The van der Waals surface area contributed by atoms with Crippen molar-refractivity contribution in [2.45, 2.75) is 43.9 Å². The SMILES string of the molecule is O=C(O)N[C@@H](Cc1ccccc1)[C@@H](O)CNC1CCC1. The van der Waals surface area contributed by atoms with Gasteiger partial charge in [-0.3, -0.25) is 0 Å². The maximum absolute atomic E-state index is 10.9. The van der Waals surface area contributed by atoms with Crippen LogP contribution in [0.2, 0.25) is 0 Å². The van der Waals surface area contributed by atoms with Crippen molar-refractivity contribution in [2.75, 3.05) is 6.54 Å². The maximum Gasteiger partial charge on any atom is 0.404 e. The number of hydrogen-bond acceptors (Lipinski definition) is 3. The van der Waals surface area contributed by atoms with Crippen molar-refractivity contribution < 1.29 is 15.0 Å². The van der Waals surface area contributed by atoms with Crippen LogP contribution in [0.15, 0.2) is 30.3 Å². The number of hydrogen-bond donors (Lipinski definition) is 4. The van der Waals surface area contributed by atoms with E-state index in [0.717, 1.165) is 18.4 Å². The molecular formula is C15H22N2O3. The molecule has 0 heterocycles. The second kappa shape index (κ2) is 7.26. The van der Waals surface area contributed by atoms with Crippen molar-refractivity contribution in [3.05, 3.63) is 35.9 Å². The zero-order valence-electron chi connectivity index (χ0n) is 11.5. The Kier molecular flexibility index (Phi) is 5.38. The van der Waals surface area contributed by atoms with Crippen molar-refractivity contribution in [3.8, 4) is 0 Å². The fourth-order valence-corrected chi connectivity index (χ4v) is 2.35. The van der Waals surface area contributed by atoms with Crippen LogP contribution in [-0.2, 0) is 6.42 Å². The zero-order valence-corrected chi connectivity index (χ0v) is 11.5. The molecule has 4 N–H and O–H groups in total. The number of rotatable bonds is 7. The standard InChI is InChI=1S/C15H22N2O3/c18-14(10-16-12-7-4-8-12)13(17-15(19)20)9-11-5-2-1-3-6-11/h1-3,5-6,12-14,16-18H,4,7-10H2,(H,19,20)/t13-,14-/m0/s1. The molecular weight excluding hydrogens is 256 g/mol.